The van der Waals surface area contributed by atoms with Crippen LogP contribution in [0.5, 0.6) is 0 Å². The zero-order valence-electron chi connectivity index (χ0n) is 12.6. The quantitative estimate of drug-likeness (QED) is 0.860. The van der Waals surface area contributed by atoms with Crippen molar-refractivity contribution in [3.63, 3.8) is 0 Å². The molecule has 0 saturated carbocycles. The normalized spacial score (nSPS) is 12.4. The lowest BCUT2D eigenvalue weighted by Gasteiger charge is -2.22. The summed E-state index contributed by atoms with van der Waals surface area (Å²) < 4.78 is 5.14. The number of amides is 1. The maximum atomic E-state index is 11.7. The van der Waals surface area contributed by atoms with Gasteiger partial charge in [-0.1, -0.05) is 12.1 Å². The van der Waals surface area contributed by atoms with E-state index in [9.17, 15) is 9.59 Å². The second-order valence-corrected chi connectivity index (χ2v) is 5.75. The van der Waals surface area contributed by atoms with Gasteiger partial charge in [0.25, 0.3) is 0 Å². The zero-order chi connectivity index (χ0) is 15.3. The molecular formula is C15H22N2O3. The Morgan fingerprint density at radius 2 is 1.80 bits per heavy atom. The van der Waals surface area contributed by atoms with Crippen LogP contribution in [0.3, 0.4) is 0 Å². The third kappa shape index (κ3) is 4.91. The molecule has 1 atom stereocenters. The highest BCUT2D eigenvalue weighted by Crippen LogP contribution is 2.17. The lowest BCUT2D eigenvalue weighted by Crippen LogP contribution is -2.35. The van der Waals surface area contributed by atoms with Crippen molar-refractivity contribution in [2.75, 3.05) is 19.0 Å². The topological polar surface area (TPSA) is 58.6 Å². The van der Waals surface area contributed by atoms with Gasteiger partial charge in [-0.3, -0.25) is 0 Å². The fourth-order valence-electron chi connectivity index (χ4n) is 1.61. The Hall–Kier alpha value is -2.04. The van der Waals surface area contributed by atoms with E-state index in [1.807, 2.05) is 43.3 Å². The van der Waals surface area contributed by atoms with E-state index < -0.39 is 17.7 Å². The summed E-state index contributed by atoms with van der Waals surface area (Å²) in [6, 6.07) is 6.70. The summed E-state index contributed by atoms with van der Waals surface area (Å²) in [6.07, 6.45) is 0.0838. The number of rotatable bonds is 4. The zero-order valence-corrected chi connectivity index (χ0v) is 12.6. The van der Waals surface area contributed by atoms with Gasteiger partial charge in [-0.05, 0) is 38.5 Å². The molecule has 0 radical (unpaired) electrons. The predicted molar refractivity (Wildman–Crippen MR) is 78.9 cm³/mol. The summed E-state index contributed by atoms with van der Waals surface area (Å²) in [4.78, 5) is 24.8. The van der Waals surface area contributed by atoms with Crippen molar-refractivity contribution in [1.82, 2.24) is 5.32 Å². The lowest BCUT2D eigenvalue weighted by molar-refractivity contribution is -0.109. The van der Waals surface area contributed by atoms with Crippen LogP contribution in [-0.4, -0.2) is 32.1 Å². The highest BCUT2D eigenvalue weighted by molar-refractivity contribution is 5.74. The minimum Gasteiger partial charge on any atom is -0.444 e. The fourth-order valence-corrected chi connectivity index (χ4v) is 1.61. The van der Waals surface area contributed by atoms with E-state index in [0.29, 0.717) is 6.29 Å². The highest BCUT2D eigenvalue weighted by atomic mass is 16.6. The number of hydrogen-bond donors (Lipinski definition) is 1. The lowest BCUT2D eigenvalue weighted by atomic mass is 10.1. The Morgan fingerprint density at radius 3 is 2.20 bits per heavy atom. The average molecular weight is 278 g/mol. The Morgan fingerprint density at radius 1 is 1.25 bits per heavy atom. The highest BCUT2D eigenvalue weighted by Gasteiger charge is 2.20. The molecule has 5 nitrogen and oxygen atoms in total. The minimum absolute atomic E-state index is 0.591. The predicted octanol–water partition coefficient (Wildman–Crippen LogP) is 2.52. The number of carbonyl (C=O) groups is 2. The molecule has 1 unspecified atom stereocenters. The van der Waals surface area contributed by atoms with Crippen LogP contribution in [0, 0.1) is 0 Å². The first-order chi connectivity index (χ1) is 9.23. The van der Waals surface area contributed by atoms with Crippen LogP contribution in [0.1, 0.15) is 32.4 Å². The van der Waals surface area contributed by atoms with Gasteiger partial charge in [0.1, 0.15) is 17.9 Å². The Balaban J connectivity index is 2.76. The third-order valence-corrected chi connectivity index (χ3v) is 2.58. The van der Waals surface area contributed by atoms with E-state index in [1.54, 1.807) is 20.8 Å². The molecular weight excluding hydrogens is 256 g/mol. The van der Waals surface area contributed by atoms with Gasteiger partial charge in [-0.15, -0.1) is 0 Å². The monoisotopic (exact) mass is 278 g/mol. The molecule has 0 aromatic heterocycles. The summed E-state index contributed by atoms with van der Waals surface area (Å²) in [6.45, 7) is 5.32. The number of anilines is 1. The number of hydrogen-bond acceptors (Lipinski definition) is 4. The molecule has 1 aromatic rings. The standard InChI is InChI=1S/C15H22N2O3/c1-15(2,3)20-14(19)16-13(10-18)11-6-8-12(9-7-11)17(4)5/h6-10,13H,1-5H3,(H,16,19). The van der Waals surface area contributed by atoms with E-state index >= 15 is 0 Å². The van der Waals surface area contributed by atoms with Gasteiger partial charge >= 0.3 is 6.09 Å². The number of aldehydes is 1. The van der Waals surface area contributed by atoms with E-state index in [-0.39, 0.29) is 0 Å². The molecule has 0 bridgehead atoms. The van der Waals surface area contributed by atoms with Crippen LogP contribution in [0.4, 0.5) is 10.5 Å². The molecule has 1 rings (SSSR count). The Kier molecular flexibility index (Phi) is 5.13. The van der Waals surface area contributed by atoms with E-state index in [1.165, 1.54) is 0 Å². The van der Waals surface area contributed by atoms with Crippen molar-refractivity contribution in [3.8, 4) is 0 Å². The molecule has 0 aliphatic heterocycles. The van der Waals surface area contributed by atoms with Gasteiger partial charge in [-0.2, -0.15) is 0 Å². The molecule has 0 spiro atoms. The van der Waals surface area contributed by atoms with Crippen LogP contribution in [0.15, 0.2) is 24.3 Å². The van der Waals surface area contributed by atoms with Crippen molar-refractivity contribution in [3.05, 3.63) is 29.8 Å². The SMILES string of the molecule is CN(C)c1ccc(C(C=O)NC(=O)OC(C)(C)C)cc1. The third-order valence-electron chi connectivity index (χ3n) is 2.58. The van der Waals surface area contributed by atoms with Gasteiger partial charge in [0.05, 0.1) is 0 Å². The molecule has 1 aromatic carbocycles. The van der Waals surface area contributed by atoms with Crippen LogP contribution < -0.4 is 10.2 Å². The average Bonchev–Trinajstić information content (AvgIpc) is 2.34. The number of nitrogens with zero attached hydrogens (tertiary/aromatic N) is 1. The number of nitrogens with one attached hydrogen (secondary N) is 1. The molecule has 0 saturated heterocycles. The summed E-state index contributed by atoms with van der Waals surface area (Å²) in [5.74, 6) is 0. The van der Waals surface area contributed by atoms with E-state index in [0.717, 1.165) is 11.3 Å². The molecule has 1 amide bonds. The summed E-state index contributed by atoms with van der Waals surface area (Å²) in [5.41, 5.74) is 1.15. The van der Waals surface area contributed by atoms with Crippen molar-refractivity contribution < 1.29 is 14.3 Å². The van der Waals surface area contributed by atoms with Gasteiger partial charge < -0.3 is 19.7 Å². The number of carbonyl (C=O) groups excluding carboxylic acids is 2. The first-order valence-corrected chi connectivity index (χ1v) is 6.45. The molecule has 5 heteroatoms. The molecule has 110 valence electrons. The second kappa shape index (κ2) is 6.41. The number of benzene rings is 1. The summed E-state index contributed by atoms with van der Waals surface area (Å²) >= 11 is 0. The smallest absolute Gasteiger partial charge is 0.408 e. The summed E-state index contributed by atoms with van der Waals surface area (Å²) in [5, 5.41) is 2.55. The largest absolute Gasteiger partial charge is 0.444 e. The van der Waals surface area contributed by atoms with Gasteiger partial charge in [-0.25, -0.2) is 4.79 Å². The van der Waals surface area contributed by atoms with Crippen LogP contribution in [-0.2, 0) is 9.53 Å². The first kappa shape index (κ1) is 16.0. The molecule has 0 heterocycles. The maximum absolute atomic E-state index is 11.7. The van der Waals surface area contributed by atoms with Crippen molar-refractivity contribution in [2.24, 2.45) is 0 Å². The Bertz CT molecular complexity index is 461. The molecule has 1 N–H and O–H groups in total. The maximum Gasteiger partial charge on any atom is 0.408 e. The molecule has 0 fully saturated rings. The molecule has 0 aliphatic rings. The van der Waals surface area contributed by atoms with E-state index in [2.05, 4.69) is 5.32 Å². The molecule has 0 aliphatic carbocycles. The second-order valence-electron chi connectivity index (χ2n) is 5.75. The fraction of sp³-hybridized carbons (Fsp3) is 0.467. The molecule has 20 heavy (non-hydrogen) atoms. The van der Waals surface area contributed by atoms with Crippen LogP contribution >= 0.6 is 0 Å². The van der Waals surface area contributed by atoms with Crippen molar-refractivity contribution in [2.45, 2.75) is 32.4 Å². The summed E-state index contributed by atoms with van der Waals surface area (Å²) in [7, 11) is 3.87. The number of ether oxygens (including phenoxy) is 1. The van der Waals surface area contributed by atoms with Crippen molar-refractivity contribution in [1.29, 1.82) is 0 Å². The number of alkyl carbamates (subject to hydrolysis) is 1. The van der Waals surface area contributed by atoms with Crippen LogP contribution in [0.2, 0.25) is 0 Å². The van der Waals surface area contributed by atoms with Gasteiger partial charge in [0.2, 0.25) is 0 Å². The van der Waals surface area contributed by atoms with E-state index in [4.69, 9.17) is 4.74 Å². The van der Waals surface area contributed by atoms with Crippen molar-refractivity contribution >= 4 is 18.1 Å². The van der Waals surface area contributed by atoms with Gasteiger partial charge in [0.15, 0.2) is 0 Å². The van der Waals surface area contributed by atoms with Crippen LogP contribution in [0.25, 0.3) is 0 Å². The first-order valence-electron chi connectivity index (χ1n) is 6.45. The minimum atomic E-state index is -0.707. The Labute approximate surface area is 119 Å². The van der Waals surface area contributed by atoms with Gasteiger partial charge in [0, 0.05) is 19.8 Å².